The van der Waals surface area contributed by atoms with Gasteiger partial charge in [0.15, 0.2) is 0 Å². The Morgan fingerprint density at radius 3 is 2.47 bits per heavy atom. The van der Waals surface area contributed by atoms with Crippen molar-refractivity contribution in [1.29, 1.82) is 0 Å². The average molecular weight is 614 g/mol. The molecule has 0 radical (unpaired) electrons. The third-order valence-corrected chi connectivity index (χ3v) is 8.89. The van der Waals surface area contributed by atoms with Crippen LogP contribution in [0.25, 0.3) is 10.6 Å². The summed E-state index contributed by atoms with van der Waals surface area (Å²) >= 11 is 1.45. The van der Waals surface area contributed by atoms with Gasteiger partial charge in [-0.15, -0.1) is 10.2 Å². The molecule has 3 heterocycles. The van der Waals surface area contributed by atoms with Gasteiger partial charge >= 0.3 is 6.18 Å². The molecule has 226 valence electrons. The van der Waals surface area contributed by atoms with Crippen molar-refractivity contribution in [3.63, 3.8) is 0 Å². The highest BCUT2D eigenvalue weighted by Crippen LogP contribution is 2.37. The molecular weight excluding hydrogens is 583 g/mol. The predicted octanol–water partition coefficient (Wildman–Crippen LogP) is 4.96. The molecule has 3 fully saturated rings. The van der Waals surface area contributed by atoms with Crippen molar-refractivity contribution in [2.75, 3.05) is 19.6 Å². The summed E-state index contributed by atoms with van der Waals surface area (Å²) in [5, 5.41) is 12.7. The van der Waals surface area contributed by atoms with Crippen LogP contribution in [0.2, 0.25) is 0 Å². The topological polar surface area (TPSA) is 105 Å². The second kappa shape index (κ2) is 11.6. The second-order valence-corrected chi connectivity index (χ2v) is 12.5. The number of likely N-dealkylation sites (tertiary alicyclic amines) is 2. The van der Waals surface area contributed by atoms with Gasteiger partial charge in [-0.1, -0.05) is 17.4 Å². The van der Waals surface area contributed by atoms with Crippen molar-refractivity contribution in [3.8, 4) is 22.1 Å². The van der Waals surface area contributed by atoms with Gasteiger partial charge in [-0.2, -0.15) is 13.2 Å². The van der Waals surface area contributed by atoms with Crippen LogP contribution in [0.1, 0.15) is 46.6 Å². The molecule has 43 heavy (non-hydrogen) atoms. The molecule has 1 aromatic heterocycles. The van der Waals surface area contributed by atoms with E-state index in [1.165, 1.54) is 22.3 Å². The molecule has 2 aliphatic heterocycles. The number of rotatable bonds is 9. The molecule has 2 saturated heterocycles. The second-order valence-electron chi connectivity index (χ2n) is 11.3. The predicted molar refractivity (Wildman–Crippen MR) is 151 cm³/mol. The number of hydrogen-bond donors (Lipinski definition) is 1. The fourth-order valence-corrected chi connectivity index (χ4v) is 6.20. The summed E-state index contributed by atoms with van der Waals surface area (Å²) < 4.78 is 46.1. The standard InChI is InChI=1S/C30H30F3N5O4S/c1-17-35-36-29(43-17)19-4-8-24(9-5-19)42-25-11-20(28(41)34-13-18-10-27(40)38(14-18)23-6-7-23)2-3-21(25)15-37-16-22(12-26(37)39)30(31,32)33/h2-5,8-9,11,18,22-23H,6-7,10,12-16H2,1H3,(H,34,41). The van der Waals surface area contributed by atoms with E-state index < -0.39 is 31.0 Å². The fourth-order valence-electron chi connectivity index (χ4n) is 5.50. The lowest BCUT2D eigenvalue weighted by atomic mass is 10.1. The van der Waals surface area contributed by atoms with E-state index in [1.54, 1.807) is 24.3 Å². The summed E-state index contributed by atoms with van der Waals surface area (Å²) in [6, 6.07) is 12.1. The van der Waals surface area contributed by atoms with Crippen LogP contribution >= 0.6 is 11.3 Å². The van der Waals surface area contributed by atoms with Crippen LogP contribution in [-0.2, 0) is 16.1 Å². The number of benzene rings is 2. The molecule has 13 heteroatoms. The van der Waals surface area contributed by atoms with Crippen molar-refractivity contribution in [2.24, 2.45) is 11.8 Å². The van der Waals surface area contributed by atoms with Gasteiger partial charge in [0.2, 0.25) is 11.8 Å². The van der Waals surface area contributed by atoms with Crippen molar-refractivity contribution in [1.82, 2.24) is 25.3 Å². The van der Waals surface area contributed by atoms with Gasteiger partial charge in [0, 0.05) is 67.7 Å². The number of nitrogens with one attached hydrogen (secondary N) is 1. The van der Waals surface area contributed by atoms with Crippen LogP contribution < -0.4 is 10.1 Å². The lowest BCUT2D eigenvalue weighted by Crippen LogP contribution is -2.32. The van der Waals surface area contributed by atoms with E-state index >= 15 is 0 Å². The number of halogens is 3. The zero-order valence-corrected chi connectivity index (χ0v) is 24.2. The zero-order chi connectivity index (χ0) is 30.3. The molecule has 2 atom stereocenters. The average Bonchev–Trinajstić information content (AvgIpc) is 3.43. The minimum atomic E-state index is -4.46. The maximum absolute atomic E-state index is 13.3. The van der Waals surface area contributed by atoms with E-state index in [2.05, 4.69) is 15.5 Å². The van der Waals surface area contributed by atoms with Crippen LogP contribution in [0.4, 0.5) is 13.2 Å². The van der Waals surface area contributed by atoms with Gasteiger partial charge in [0.1, 0.15) is 21.5 Å². The Hall–Kier alpha value is -4.00. The van der Waals surface area contributed by atoms with E-state index in [-0.39, 0.29) is 30.0 Å². The van der Waals surface area contributed by atoms with Crippen molar-refractivity contribution in [2.45, 2.75) is 51.4 Å². The van der Waals surface area contributed by atoms with Crippen LogP contribution in [-0.4, -0.2) is 69.6 Å². The Kier molecular flexibility index (Phi) is 7.84. The van der Waals surface area contributed by atoms with E-state index in [1.807, 2.05) is 24.0 Å². The Morgan fingerprint density at radius 1 is 1.05 bits per heavy atom. The molecule has 0 spiro atoms. The number of alkyl halides is 3. The Morgan fingerprint density at radius 2 is 1.81 bits per heavy atom. The third kappa shape index (κ3) is 6.66. The minimum Gasteiger partial charge on any atom is -0.457 e. The fraction of sp³-hybridized carbons (Fsp3) is 0.433. The number of aromatic nitrogens is 2. The number of carbonyl (C=O) groups is 3. The summed E-state index contributed by atoms with van der Waals surface area (Å²) in [5.74, 6) is -1.81. The van der Waals surface area contributed by atoms with Gasteiger partial charge in [-0.25, -0.2) is 0 Å². The summed E-state index contributed by atoms with van der Waals surface area (Å²) in [6.07, 6.45) is -2.58. The van der Waals surface area contributed by atoms with Gasteiger partial charge in [0.25, 0.3) is 5.91 Å². The highest BCUT2D eigenvalue weighted by atomic mass is 32.1. The Balaban J connectivity index is 1.19. The molecule has 9 nitrogen and oxygen atoms in total. The lowest BCUT2D eigenvalue weighted by Gasteiger charge is -2.20. The Bertz CT molecular complexity index is 1540. The maximum atomic E-state index is 13.3. The molecule has 1 aliphatic carbocycles. The Labute approximate surface area is 250 Å². The number of nitrogens with zero attached hydrogens (tertiary/aromatic N) is 4. The molecule has 1 saturated carbocycles. The first kappa shape index (κ1) is 29.1. The quantitative estimate of drug-likeness (QED) is 0.366. The summed E-state index contributed by atoms with van der Waals surface area (Å²) in [6.45, 7) is 2.32. The number of carbonyl (C=O) groups excluding carboxylic acids is 3. The first-order valence-electron chi connectivity index (χ1n) is 14.2. The van der Waals surface area contributed by atoms with Crippen molar-refractivity contribution in [3.05, 3.63) is 58.6 Å². The largest absolute Gasteiger partial charge is 0.457 e. The van der Waals surface area contributed by atoms with Gasteiger partial charge in [0.05, 0.1) is 5.92 Å². The highest BCUT2D eigenvalue weighted by molar-refractivity contribution is 7.14. The molecule has 3 aliphatic rings. The van der Waals surface area contributed by atoms with Gasteiger partial charge in [-0.3, -0.25) is 14.4 Å². The van der Waals surface area contributed by atoms with Crippen molar-refractivity contribution < 1.29 is 32.3 Å². The lowest BCUT2D eigenvalue weighted by molar-refractivity contribution is -0.171. The third-order valence-electron chi connectivity index (χ3n) is 8.00. The van der Waals surface area contributed by atoms with Crippen LogP contribution in [0.15, 0.2) is 42.5 Å². The van der Waals surface area contributed by atoms with E-state index in [4.69, 9.17) is 4.74 Å². The van der Waals surface area contributed by atoms with Crippen LogP contribution in [0.5, 0.6) is 11.5 Å². The molecule has 3 aromatic rings. The van der Waals surface area contributed by atoms with Gasteiger partial charge < -0.3 is 19.9 Å². The minimum absolute atomic E-state index is 0.0325. The van der Waals surface area contributed by atoms with Gasteiger partial charge in [-0.05, 0) is 56.2 Å². The molecule has 1 N–H and O–H groups in total. The first-order valence-corrected chi connectivity index (χ1v) is 15.0. The summed E-state index contributed by atoms with van der Waals surface area (Å²) in [7, 11) is 0. The highest BCUT2D eigenvalue weighted by Gasteiger charge is 2.47. The number of hydrogen-bond acceptors (Lipinski definition) is 7. The van der Waals surface area contributed by atoms with Crippen LogP contribution in [0.3, 0.4) is 0 Å². The molecule has 3 amide bonds. The van der Waals surface area contributed by atoms with Crippen LogP contribution in [0, 0.1) is 18.8 Å². The number of ether oxygens (including phenoxy) is 1. The SMILES string of the molecule is Cc1nnc(-c2ccc(Oc3cc(C(=O)NCC4CC(=O)N(C5CC5)C4)ccc3CN3CC(C(F)(F)F)CC3=O)cc2)s1. The first-order chi connectivity index (χ1) is 20.5. The zero-order valence-electron chi connectivity index (χ0n) is 23.4. The smallest absolute Gasteiger partial charge is 0.394 e. The van der Waals surface area contributed by atoms with E-state index in [0.29, 0.717) is 42.4 Å². The van der Waals surface area contributed by atoms with E-state index in [9.17, 15) is 27.6 Å². The summed E-state index contributed by atoms with van der Waals surface area (Å²) in [5.41, 5.74) is 1.61. The summed E-state index contributed by atoms with van der Waals surface area (Å²) in [4.78, 5) is 40.9. The molecule has 2 aromatic carbocycles. The normalized spacial score (nSPS) is 20.7. The molecule has 6 rings (SSSR count). The monoisotopic (exact) mass is 613 g/mol. The number of amides is 3. The van der Waals surface area contributed by atoms with E-state index in [0.717, 1.165) is 28.4 Å². The molecular formula is C30H30F3N5O4S. The molecule has 0 bridgehead atoms. The maximum Gasteiger partial charge on any atom is 0.394 e. The van der Waals surface area contributed by atoms with Crippen molar-refractivity contribution >= 4 is 29.1 Å². The molecule has 2 unspecified atom stereocenters. The number of aryl methyl sites for hydroxylation is 1.